The number of rotatable bonds is 1. The van der Waals surface area contributed by atoms with Gasteiger partial charge in [0.05, 0.1) is 5.56 Å². The minimum Gasteiger partial charge on any atom is -0.207 e. The Hall–Kier alpha value is -2.34. The lowest BCUT2D eigenvalue weighted by molar-refractivity contribution is -0.138. The maximum absolute atomic E-state index is 13.1. The Labute approximate surface area is 100 Å². The third-order valence-corrected chi connectivity index (χ3v) is 2.26. The van der Waals surface area contributed by atoms with Gasteiger partial charge in [-0.2, -0.15) is 23.7 Å². The molecule has 2 nitrogen and oxygen atoms in total. The van der Waals surface area contributed by atoms with Gasteiger partial charge < -0.3 is 0 Å². The molecule has 0 saturated heterocycles. The molecule has 0 unspecified atom stereocenters. The van der Waals surface area contributed by atoms with Crippen LogP contribution in [0.4, 0.5) is 17.6 Å². The zero-order valence-electron chi connectivity index (χ0n) is 9.14. The third kappa shape index (κ3) is 2.67. The Morgan fingerprint density at radius 1 is 1.22 bits per heavy atom. The van der Waals surface area contributed by atoms with E-state index in [4.69, 9.17) is 10.5 Å². The van der Waals surface area contributed by atoms with Crippen molar-refractivity contribution >= 4 is 6.08 Å². The zero-order valence-corrected chi connectivity index (χ0v) is 9.14. The van der Waals surface area contributed by atoms with Crippen LogP contribution in [0.15, 0.2) is 17.7 Å². The predicted molar refractivity (Wildman–Crippen MR) is 55.3 cm³/mol. The number of halogens is 4. The highest BCUT2D eigenvalue weighted by Crippen LogP contribution is 2.36. The van der Waals surface area contributed by atoms with Gasteiger partial charge in [0.2, 0.25) is 0 Å². The normalized spacial score (nSPS) is 10.4. The minimum absolute atomic E-state index is 0.403. The monoisotopic (exact) mass is 254 g/mol. The summed E-state index contributed by atoms with van der Waals surface area (Å²) in [6.45, 7) is 0.994. The van der Waals surface area contributed by atoms with Crippen molar-refractivity contribution in [2.75, 3.05) is 0 Å². The van der Waals surface area contributed by atoms with Gasteiger partial charge in [-0.15, -0.1) is 0 Å². The molecule has 0 fully saturated rings. The first kappa shape index (κ1) is 13.7. The molecule has 18 heavy (non-hydrogen) atoms. The van der Waals surface area contributed by atoms with Crippen LogP contribution in [0.3, 0.4) is 0 Å². The molecule has 0 radical (unpaired) electrons. The maximum atomic E-state index is 13.1. The van der Waals surface area contributed by atoms with Crippen LogP contribution in [-0.2, 0) is 6.18 Å². The summed E-state index contributed by atoms with van der Waals surface area (Å²) in [4.78, 5) is 0. The third-order valence-electron chi connectivity index (χ3n) is 2.26. The van der Waals surface area contributed by atoms with E-state index in [1.165, 1.54) is 12.1 Å². The second-order valence-electron chi connectivity index (χ2n) is 3.42. The van der Waals surface area contributed by atoms with Crippen molar-refractivity contribution in [1.29, 1.82) is 10.5 Å². The van der Waals surface area contributed by atoms with Crippen molar-refractivity contribution in [2.24, 2.45) is 0 Å². The molecule has 0 heterocycles. The minimum atomic E-state index is -4.76. The lowest BCUT2D eigenvalue weighted by Gasteiger charge is -2.14. The SMILES string of the molecule is Cc1c(F)ccc(C=C(C#N)C#N)c1C(F)(F)F. The largest absolute Gasteiger partial charge is 0.417 e. The van der Waals surface area contributed by atoms with Crippen LogP contribution in [0.5, 0.6) is 0 Å². The second-order valence-corrected chi connectivity index (χ2v) is 3.42. The number of allylic oxidation sites excluding steroid dienone is 1. The Balaban J connectivity index is 3.59. The fraction of sp³-hybridized carbons (Fsp3) is 0.167. The van der Waals surface area contributed by atoms with E-state index in [0.717, 1.165) is 25.1 Å². The summed E-state index contributed by atoms with van der Waals surface area (Å²) in [5.41, 5.74) is -2.62. The van der Waals surface area contributed by atoms with E-state index in [-0.39, 0.29) is 0 Å². The van der Waals surface area contributed by atoms with Gasteiger partial charge in [0.15, 0.2) is 0 Å². The number of nitrogens with zero attached hydrogens (tertiary/aromatic N) is 2. The van der Waals surface area contributed by atoms with Gasteiger partial charge in [-0.3, -0.25) is 0 Å². The first-order chi connectivity index (χ1) is 8.31. The predicted octanol–water partition coefficient (Wildman–Crippen LogP) is 3.58. The van der Waals surface area contributed by atoms with Crippen molar-refractivity contribution in [1.82, 2.24) is 0 Å². The van der Waals surface area contributed by atoms with Crippen LogP contribution in [0.1, 0.15) is 16.7 Å². The first-order valence-corrected chi connectivity index (χ1v) is 4.69. The Morgan fingerprint density at radius 2 is 1.78 bits per heavy atom. The molecule has 0 amide bonds. The van der Waals surface area contributed by atoms with Crippen LogP contribution in [0.25, 0.3) is 6.08 Å². The average Bonchev–Trinajstić information content (AvgIpc) is 2.28. The summed E-state index contributed by atoms with van der Waals surface area (Å²) in [5, 5.41) is 17.0. The van der Waals surface area contributed by atoms with Crippen molar-refractivity contribution in [3.63, 3.8) is 0 Å². The highest BCUT2D eigenvalue weighted by Gasteiger charge is 2.35. The quantitative estimate of drug-likeness (QED) is 0.568. The molecule has 0 spiro atoms. The van der Waals surface area contributed by atoms with Gasteiger partial charge in [-0.25, -0.2) is 4.39 Å². The Kier molecular flexibility index (Phi) is 3.73. The van der Waals surface area contributed by atoms with E-state index in [9.17, 15) is 17.6 Å². The average molecular weight is 254 g/mol. The standard InChI is InChI=1S/C12H6F4N2/c1-7-10(13)3-2-9(4-8(5-17)6-18)11(7)12(14,15)16/h2-4H,1H3. The zero-order chi connectivity index (χ0) is 13.9. The molecule has 1 rings (SSSR count). The van der Waals surface area contributed by atoms with Gasteiger partial charge in [0.25, 0.3) is 0 Å². The van der Waals surface area contributed by atoms with Gasteiger partial charge in [-0.05, 0) is 30.2 Å². The topological polar surface area (TPSA) is 47.6 Å². The first-order valence-electron chi connectivity index (χ1n) is 4.69. The molecule has 0 aliphatic heterocycles. The molecule has 0 aromatic heterocycles. The van der Waals surface area contributed by atoms with Gasteiger partial charge >= 0.3 is 6.18 Å². The number of alkyl halides is 3. The Bertz CT molecular complexity index is 570. The van der Waals surface area contributed by atoms with E-state index in [2.05, 4.69) is 0 Å². The number of hydrogen-bond acceptors (Lipinski definition) is 2. The van der Waals surface area contributed by atoms with E-state index in [1.807, 2.05) is 0 Å². The summed E-state index contributed by atoms with van der Waals surface area (Å²) in [5.74, 6) is -0.991. The molecule has 0 bridgehead atoms. The van der Waals surface area contributed by atoms with Crippen LogP contribution < -0.4 is 0 Å². The summed E-state index contributed by atoms with van der Waals surface area (Å²) < 4.78 is 51.5. The Morgan fingerprint density at radius 3 is 2.22 bits per heavy atom. The van der Waals surface area contributed by atoms with Crippen molar-refractivity contribution in [3.8, 4) is 12.1 Å². The molecule has 6 heteroatoms. The van der Waals surface area contributed by atoms with Crippen LogP contribution in [-0.4, -0.2) is 0 Å². The van der Waals surface area contributed by atoms with E-state index >= 15 is 0 Å². The van der Waals surface area contributed by atoms with Crippen molar-refractivity contribution in [2.45, 2.75) is 13.1 Å². The van der Waals surface area contributed by atoms with Gasteiger partial charge in [0, 0.05) is 0 Å². The fourth-order valence-corrected chi connectivity index (χ4v) is 1.45. The van der Waals surface area contributed by atoms with Gasteiger partial charge in [-0.1, -0.05) is 6.07 Å². The lowest BCUT2D eigenvalue weighted by Crippen LogP contribution is -2.11. The maximum Gasteiger partial charge on any atom is 0.417 e. The van der Waals surface area contributed by atoms with E-state index in [0.29, 0.717) is 0 Å². The molecule has 0 N–H and O–H groups in total. The molecule has 0 aliphatic rings. The highest BCUT2D eigenvalue weighted by atomic mass is 19.4. The molecule has 92 valence electrons. The summed E-state index contributed by atoms with van der Waals surface area (Å²) in [6, 6.07) is 4.66. The van der Waals surface area contributed by atoms with E-state index in [1.54, 1.807) is 0 Å². The smallest absolute Gasteiger partial charge is 0.207 e. The lowest BCUT2D eigenvalue weighted by atomic mass is 9.99. The molecular formula is C12H6F4N2. The van der Waals surface area contributed by atoms with Crippen molar-refractivity contribution < 1.29 is 17.6 Å². The summed E-state index contributed by atoms with van der Waals surface area (Å²) in [7, 11) is 0. The fourth-order valence-electron chi connectivity index (χ4n) is 1.45. The molecule has 0 aliphatic carbocycles. The highest BCUT2D eigenvalue weighted by molar-refractivity contribution is 5.65. The number of hydrogen-bond donors (Lipinski definition) is 0. The number of nitriles is 2. The molecule has 0 atom stereocenters. The van der Waals surface area contributed by atoms with E-state index < -0.39 is 34.3 Å². The van der Waals surface area contributed by atoms with Crippen molar-refractivity contribution in [3.05, 3.63) is 40.2 Å². The van der Waals surface area contributed by atoms with Crippen LogP contribution in [0, 0.1) is 35.4 Å². The second kappa shape index (κ2) is 4.89. The number of benzene rings is 1. The van der Waals surface area contributed by atoms with Gasteiger partial charge in [0.1, 0.15) is 23.5 Å². The molecule has 1 aromatic carbocycles. The van der Waals surface area contributed by atoms with Crippen LogP contribution >= 0.6 is 0 Å². The van der Waals surface area contributed by atoms with Crippen LogP contribution in [0.2, 0.25) is 0 Å². The summed E-state index contributed by atoms with van der Waals surface area (Å²) in [6.07, 6.45) is -3.97. The molecular weight excluding hydrogens is 248 g/mol. The molecule has 1 aromatic rings. The summed E-state index contributed by atoms with van der Waals surface area (Å²) >= 11 is 0. The molecule has 0 saturated carbocycles.